The Kier molecular flexibility index (Phi) is 7.09. The average Bonchev–Trinajstić information content (AvgIpc) is 2.94. The van der Waals surface area contributed by atoms with Crippen molar-refractivity contribution in [3.63, 3.8) is 0 Å². The van der Waals surface area contributed by atoms with Crippen LogP contribution in [0.4, 0.5) is 11.4 Å². The van der Waals surface area contributed by atoms with Crippen molar-refractivity contribution in [2.24, 2.45) is 0 Å². The number of hydrogen-bond acceptors (Lipinski definition) is 4. The van der Waals surface area contributed by atoms with E-state index < -0.39 is 0 Å². The first kappa shape index (κ1) is 24.4. The van der Waals surface area contributed by atoms with Gasteiger partial charge in [-0.1, -0.05) is 84.9 Å². The molecule has 2 unspecified atom stereocenters. The van der Waals surface area contributed by atoms with E-state index in [2.05, 4.69) is 84.7 Å². The molecule has 0 aliphatic carbocycles. The van der Waals surface area contributed by atoms with Crippen molar-refractivity contribution in [2.75, 3.05) is 17.3 Å². The van der Waals surface area contributed by atoms with Crippen LogP contribution in [0.2, 0.25) is 0 Å². The van der Waals surface area contributed by atoms with Crippen LogP contribution in [0.5, 0.6) is 0 Å². The van der Waals surface area contributed by atoms with Crippen molar-refractivity contribution < 1.29 is 9.53 Å². The zero-order valence-corrected chi connectivity index (χ0v) is 21.5. The Bertz CT molecular complexity index is 1410. The maximum atomic E-state index is 13.6. The van der Waals surface area contributed by atoms with Gasteiger partial charge < -0.3 is 15.0 Å². The maximum Gasteiger partial charge on any atom is 0.337 e. The molecule has 4 nitrogen and oxygen atoms in total. The second-order valence-electron chi connectivity index (χ2n) is 9.45. The Labute approximate surface area is 219 Å². The highest BCUT2D eigenvalue weighted by Crippen LogP contribution is 2.49. The number of nitrogens with zero attached hydrogens (tertiary/aromatic N) is 1. The van der Waals surface area contributed by atoms with Gasteiger partial charge in [0.25, 0.3) is 0 Å². The number of benzene rings is 4. The fourth-order valence-electron chi connectivity index (χ4n) is 5.39. The molecule has 0 radical (unpaired) electrons. The number of rotatable bonds is 6. The van der Waals surface area contributed by atoms with Crippen LogP contribution in [0.3, 0.4) is 0 Å². The lowest BCUT2D eigenvalue weighted by atomic mass is 9.82. The van der Waals surface area contributed by atoms with Crippen molar-refractivity contribution in [2.45, 2.75) is 32.4 Å². The molecule has 0 fully saturated rings. The minimum absolute atomic E-state index is 0.00664. The molecule has 4 aromatic carbocycles. The lowest BCUT2D eigenvalue weighted by Gasteiger charge is -2.46. The third-order valence-electron chi connectivity index (χ3n) is 7.17. The zero-order chi connectivity index (χ0) is 25.8. The van der Waals surface area contributed by atoms with Gasteiger partial charge in [0.05, 0.1) is 24.8 Å². The van der Waals surface area contributed by atoms with Gasteiger partial charge in [-0.15, -0.1) is 0 Å². The summed E-state index contributed by atoms with van der Waals surface area (Å²) in [7, 11) is 1.46. The number of hydrogen-bond donors (Lipinski definition) is 1. The lowest BCUT2D eigenvalue weighted by molar-refractivity contribution is -0.136. The molecule has 5 rings (SSSR count). The normalized spacial score (nSPS) is 17.4. The van der Waals surface area contributed by atoms with Crippen LogP contribution in [0.25, 0.3) is 0 Å². The molecule has 0 aromatic heterocycles. The number of methoxy groups -OCH3 is 1. The first-order valence-electron chi connectivity index (χ1n) is 12.7. The maximum absolute atomic E-state index is 13.6. The smallest absolute Gasteiger partial charge is 0.337 e. The van der Waals surface area contributed by atoms with Crippen molar-refractivity contribution >= 4 is 17.3 Å². The molecule has 1 aliphatic rings. The molecule has 4 aromatic rings. The Morgan fingerprint density at radius 1 is 0.757 bits per heavy atom. The molecule has 37 heavy (non-hydrogen) atoms. The topological polar surface area (TPSA) is 41.6 Å². The van der Waals surface area contributed by atoms with Gasteiger partial charge in [0.15, 0.2) is 0 Å². The van der Waals surface area contributed by atoms with Crippen molar-refractivity contribution in [3.05, 3.63) is 143 Å². The highest BCUT2D eigenvalue weighted by molar-refractivity contribution is 5.93. The number of carbonyl (C=O) groups is 1. The summed E-state index contributed by atoms with van der Waals surface area (Å²) in [6.45, 7) is 4.26. The van der Waals surface area contributed by atoms with Crippen LogP contribution in [-0.2, 0) is 9.53 Å². The second kappa shape index (κ2) is 10.8. The summed E-state index contributed by atoms with van der Waals surface area (Å²) < 4.78 is 5.43. The van der Waals surface area contributed by atoms with Crippen molar-refractivity contribution in [1.29, 1.82) is 0 Å². The van der Waals surface area contributed by atoms with Gasteiger partial charge in [0.1, 0.15) is 0 Å². The molecule has 0 amide bonds. The summed E-state index contributed by atoms with van der Waals surface area (Å²) in [4.78, 5) is 16.0. The quantitative estimate of drug-likeness (QED) is 0.285. The molecular formula is C33H32N2O2. The third kappa shape index (κ3) is 4.88. The van der Waals surface area contributed by atoms with E-state index in [0.29, 0.717) is 12.0 Å². The second-order valence-corrected chi connectivity index (χ2v) is 9.45. The van der Waals surface area contributed by atoms with E-state index in [1.165, 1.54) is 18.2 Å². The molecule has 0 spiro atoms. The van der Waals surface area contributed by atoms with Crippen LogP contribution in [0.15, 0.2) is 120 Å². The summed E-state index contributed by atoms with van der Waals surface area (Å²) in [6, 6.07) is 36.9. The summed E-state index contributed by atoms with van der Waals surface area (Å²) in [5, 5.41) is 3.61. The highest BCUT2D eigenvalue weighted by Gasteiger charge is 2.42. The van der Waals surface area contributed by atoms with Gasteiger partial charge in [0, 0.05) is 23.5 Å². The van der Waals surface area contributed by atoms with Crippen LogP contribution < -0.4 is 10.2 Å². The van der Waals surface area contributed by atoms with E-state index in [4.69, 9.17) is 4.74 Å². The predicted octanol–water partition coefficient (Wildman–Crippen LogP) is 7.54. The number of nitrogens with one attached hydrogen (secondary N) is 1. The van der Waals surface area contributed by atoms with E-state index >= 15 is 0 Å². The Hall–Kier alpha value is -4.31. The largest absolute Gasteiger partial charge is 0.466 e. The molecule has 1 N–H and O–H groups in total. The number of anilines is 2. The molecule has 1 aliphatic heterocycles. The minimum Gasteiger partial charge on any atom is -0.466 e. The molecular weight excluding hydrogens is 456 g/mol. The van der Waals surface area contributed by atoms with Gasteiger partial charge in [0.2, 0.25) is 0 Å². The Morgan fingerprint density at radius 3 is 1.89 bits per heavy atom. The third-order valence-corrected chi connectivity index (χ3v) is 7.17. The molecule has 1 heterocycles. The van der Waals surface area contributed by atoms with E-state index in [0.717, 1.165) is 28.2 Å². The predicted molar refractivity (Wildman–Crippen MR) is 150 cm³/mol. The Morgan fingerprint density at radius 2 is 1.30 bits per heavy atom. The average molecular weight is 489 g/mol. The summed E-state index contributed by atoms with van der Waals surface area (Å²) in [5.74, 6) is -0.323. The standard InChI is InChI=1S/C33H32N2O2/c1-23-14-10-12-20-27(23)30-22-29(34-25-16-6-4-7-17-25)31(33(36)37-3)32(28-21-13-11-15-24(28)2)35(30)26-18-8-5-9-19-26/h4-21,30,32,34H,22H2,1-3H3. The number of ether oxygens (including phenoxy) is 1. The fourth-order valence-corrected chi connectivity index (χ4v) is 5.39. The molecule has 186 valence electrons. The number of aryl methyl sites for hydroxylation is 2. The Balaban J connectivity index is 1.81. The summed E-state index contributed by atoms with van der Waals surface area (Å²) in [5.41, 5.74) is 8.18. The molecule has 0 bridgehead atoms. The van der Waals surface area contributed by atoms with Gasteiger partial charge >= 0.3 is 5.97 Å². The van der Waals surface area contributed by atoms with Crippen molar-refractivity contribution in [1.82, 2.24) is 0 Å². The van der Waals surface area contributed by atoms with Crippen LogP contribution in [-0.4, -0.2) is 13.1 Å². The van der Waals surface area contributed by atoms with Crippen LogP contribution in [0.1, 0.15) is 40.8 Å². The lowest BCUT2D eigenvalue weighted by Crippen LogP contribution is -2.42. The molecule has 2 atom stereocenters. The number of esters is 1. The zero-order valence-electron chi connectivity index (χ0n) is 21.5. The van der Waals surface area contributed by atoms with E-state index in [1.54, 1.807) is 0 Å². The van der Waals surface area contributed by atoms with Gasteiger partial charge in [-0.05, 0) is 60.4 Å². The highest BCUT2D eigenvalue weighted by atomic mass is 16.5. The summed E-state index contributed by atoms with van der Waals surface area (Å²) >= 11 is 0. The minimum atomic E-state index is -0.347. The number of carbonyl (C=O) groups excluding carboxylic acids is 1. The monoisotopic (exact) mass is 488 g/mol. The van der Waals surface area contributed by atoms with E-state index in [9.17, 15) is 4.79 Å². The summed E-state index contributed by atoms with van der Waals surface area (Å²) in [6.07, 6.45) is 0.626. The first-order chi connectivity index (χ1) is 18.1. The molecule has 0 saturated heterocycles. The van der Waals surface area contributed by atoms with E-state index in [1.807, 2.05) is 48.5 Å². The number of para-hydroxylation sites is 2. The molecule has 0 saturated carbocycles. The van der Waals surface area contributed by atoms with Crippen molar-refractivity contribution in [3.8, 4) is 0 Å². The van der Waals surface area contributed by atoms with Gasteiger partial charge in [-0.25, -0.2) is 4.79 Å². The van der Waals surface area contributed by atoms with Crippen LogP contribution in [0, 0.1) is 13.8 Å². The fraction of sp³-hybridized carbons (Fsp3) is 0.182. The van der Waals surface area contributed by atoms with Crippen LogP contribution >= 0.6 is 0 Å². The molecule has 4 heteroatoms. The van der Waals surface area contributed by atoms with Gasteiger partial charge in [-0.3, -0.25) is 0 Å². The van der Waals surface area contributed by atoms with E-state index in [-0.39, 0.29) is 18.1 Å². The SMILES string of the molecule is COC(=O)C1=C(Nc2ccccc2)CC(c2ccccc2C)N(c2ccccc2)C1c1ccccc1C. The van der Waals surface area contributed by atoms with Gasteiger partial charge in [-0.2, -0.15) is 0 Å². The first-order valence-corrected chi connectivity index (χ1v) is 12.7.